The van der Waals surface area contributed by atoms with Crippen LogP contribution in [0.3, 0.4) is 0 Å². The smallest absolute Gasteiger partial charge is 0.330 e. The van der Waals surface area contributed by atoms with Crippen LogP contribution in [-0.2, 0) is 27.3 Å². The van der Waals surface area contributed by atoms with Crippen molar-refractivity contribution in [2.75, 3.05) is 6.61 Å². The maximum absolute atomic E-state index is 12.0. The minimum atomic E-state index is -0.932. The number of aliphatic hydroxyl groups is 2. The Hall–Kier alpha value is -2.75. The molecule has 0 aliphatic carbocycles. The zero-order chi connectivity index (χ0) is 19.4. The van der Waals surface area contributed by atoms with Crippen LogP contribution in [0.5, 0.6) is 0 Å². The van der Waals surface area contributed by atoms with Gasteiger partial charge >= 0.3 is 11.7 Å². The topological polar surface area (TPSA) is 131 Å². The lowest BCUT2D eigenvalue weighted by atomic mass is 10.2. The summed E-state index contributed by atoms with van der Waals surface area (Å²) in [5.41, 5.74) is -0.561. The molecule has 3 rings (SSSR count). The van der Waals surface area contributed by atoms with E-state index in [0.29, 0.717) is 0 Å². The minimum absolute atomic E-state index is 0.0400. The fraction of sp³-hybridized carbons (Fsp3) is 0.389. The van der Waals surface area contributed by atoms with Gasteiger partial charge in [-0.1, -0.05) is 30.3 Å². The number of carbonyl (C=O) groups excluding carboxylic acids is 1. The van der Waals surface area contributed by atoms with Crippen LogP contribution >= 0.6 is 0 Å². The van der Waals surface area contributed by atoms with E-state index in [1.54, 1.807) is 12.1 Å². The molecule has 144 valence electrons. The number of nitrogens with zero attached hydrogens (tertiary/aromatic N) is 1. The van der Waals surface area contributed by atoms with Crippen LogP contribution < -0.4 is 11.2 Å². The van der Waals surface area contributed by atoms with Gasteiger partial charge in [0.25, 0.3) is 5.56 Å². The third kappa shape index (κ3) is 4.51. The molecule has 0 saturated carbocycles. The molecule has 1 saturated heterocycles. The third-order valence-corrected chi connectivity index (χ3v) is 4.31. The van der Waals surface area contributed by atoms with Gasteiger partial charge < -0.3 is 19.7 Å². The lowest BCUT2D eigenvalue weighted by molar-refractivity contribution is -0.144. The van der Waals surface area contributed by atoms with Gasteiger partial charge in [0.15, 0.2) is 0 Å². The molecule has 3 atom stereocenters. The van der Waals surface area contributed by atoms with Gasteiger partial charge in [-0.15, -0.1) is 0 Å². The molecule has 9 heteroatoms. The third-order valence-electron chi connectivity index (χ3n) is 4.31. The highest BCUT2D eigenvalue weighted by Crippen LogP contribution is 2.27. The van der Waals surface area contributed by atoms with Gasteiger partial charge in [-0.05, 0) is 5.56 Å². The zero-order valence-electron chi connectivity index (χ0n) is 14.4. The minimum Gasteiger partial charge on any atom is -0.461 e. The van der Waals surface area contributed by atoms with E-state index in [0.717, 1.165) is 10.1 Å². The highest BCUT2D eigenvalue weighted by atomic mass is 16.5. The Kier molecular flexibility index (Phi) is 5.84. The lowest BCUT2D eigenvalue weighted by Gasteiger charge is -2.15. The lowest BCUT2D eigenvalue weighted by Crippen LogP contribution is -2.35. The van der Waals surface area contributed by atoms with Gasteiger partial charge in [0, 0.05) is 18.2 Å². The van der Waals surface area contributed by atoms with Crippen LogP contribution in [0, 0.1) is 0 Å². The monoisotopic (exact) mass is 376 g/mol. The molecule has 9 nitrogen and oxygen atoms in total. The van der Waals surface area contributed by atoms with Crippen molar-refractivity contribution in [3.63, 3.8) is 0 Å². The van der Waals surface area contributed by atoms with Gasteiger partial charge in [-0.3, -0.25) is 19.1 Å². The number of esters is 1. The van der Waals surface area contributed by atoms with E-state index in [-0.39, 0.29) is 25.0 Å². The summed E-state index contributed by atoms with van der Waals surface area (Å²) < 4.78 is 11.7. The number of H-pyrrole nitrogens is 1. The second kappa shape index (κ2) is 8.30. The molecule has 0 amide bonds. The second-order valence-corrected chi connectivity index (χ2v) is 6.26. The molecule has 1 aliphatic rings. The van der Waals surface area contributed by atoms with Crippen LogP contribution in [-0.4, -0.2) is 44.5 Å². The van der Waals surface area contributed by atoms with Crippen molar-refractivity contribution in [3.05, 3.63) is 68.5 Å². The van der Waals surface area contributed by atoms with Crippen molar-refractivity contribution in [1.82, 2.24) is 9.55 Å². The maximum Gasteiger partial charge on any atom is 0.330 e. The molecular formula is C18H20N2O7. The van der Waals surface area contributed by atoms with Crippen molar-refractivity contribution >= 4 is 5.97 Å². The van der Waals surface area contributed by atoms with Crippen LogP contribution in [0.2, 0.25) is 0 Å². The molecule has 0 unspecified atom stereocenters. The number of benzene rings is 1. The zero-order valence-corrected chi connectivity index (χ0v) is 14.4. The summed E-state index contributed by atoms with van der Waals surface area (Å²) in [5, 5.41) is 19.0. The molecule has 0 radical (unpaired) electrons. The van der Waals surface area contributed by atoms with E-state index >= 15 is 0 Å². The molecule has 2 heterocycles. The van der Waals surface area contributed by atoms with Crippen molar-refractivity contribution in [3.8, 4) is 0 Å². The Morgan fingerprint density at radius 2 is 2.04 bits per heavy atom. The fourth-order valence-corrected chi connectivity index (χ4v) is 2.86. The molecule has 27 heavy (non-hydrogen) atoms. The quantitative estimate of drug-likeness (QED) is 0.577. The number of aromatic amines is 1. The van der Waals surface area contributed by atoms with Crippen LogP contribution in [0.15, 0.2) is 46.1 Å². The van der Waals surface area contributed by atoms with Gasteiger partial charge in [0.1, 0.15) is 18.9 Å². The Bertz CT molecular complexity index is 906. The largest absolute Gasteiger partial charge is 0.461 e. The van der Waals surface area contributed by atoms with Crippen LogP contribution in [0.4, 0.5) is 0 Å². The van der Waals surface area contributed by atoms with Crippen molar-refractivity contribution in [1.29, 1.82) is 0 Å². The number of carbonyl (C=O) groups is 1. The second-order valence-electron chi connectivity index (χ2n) is 6.26. The number of aliphatic hydroxyl groups excluding tert-OH is 2. The van der Waals surface area contributed by atoms with E-state index in [9.17, 15) is 19.5 Å². The molecule has 1 aliphatic heterocycles. The van der Waals surface area contributed by atoms with Gasteiger partial charge in [-0.25, -0.2) is 4.79 Å². The number of rotatable bonds is 6. The summed E-state index contributed by atoms with van der Waals surface area (Å²) in [4.78, 5) is 38.2. The normalized spacial score (nSPS) is 21.9. The first-order valence-electron chi connectivity index (χ1n) is 8.46. The highest BCUT2D eigenvalue weighted by Gasteiger charge is 2.35. The summed E-state index contributed by atoms with van der Waals surface area (Å²) in [6.07, 6.45) is -1.61. The Morgan fingerprint density at radius 3 is 2.70 bits per heavy atom. The van der Waals surface area contributed by atoms with E-state index < -0.39 is 42.3 Å². The summed E-state index contributed by atoms with van der Waals surface area (Å²) in [5.74, 6) is -0.616. The SMILES string of the molecule is O=C(Cc1cn([C@H]2C[C@H](O)[C@@H](CO)O2)c(=O)[nH]c1=O)OCc1ccccc1. The van der Waals surface area contributed by atoms with E-state index in [4.69, 9.17) is 14.6 Å². The van der Waals surface area contributed by atoms with E-state index in [1.807, 2.05) is 18.2 Å². The molecule has 3 N–H and O–H groups in total. The molecule has 2 aromatic rings. The first kappa shape index (κ1) is 19.0. The summed E-state index contributed by atoms with van der Waals surface area (Å²) >= 11 is 0. The maximum atomic E-state index is 12.0. The van der Waals surface area contributed by atoms with Crippen molar-refractivity contribution < 1.29 is 24.5 Å². The van der Waals surface area contributed by atoms with Crippen LogP contribution in [0.1, 0.15) is 23.8 Å². The number of hydrogen-bond acceptors (Lipinski definition) is 7. The van der Waals surface area contributed by atoms with Gasteiger partial charge in [0.2, 0.25) is 0 Å². The Balaban J connectivity index is 1.71. The molecule has 0 bridgehead atoms. The first-order valence-corrected chi connectivity index (χ1v) is 8.46. The molecule has 1 fully saturated rings. The summed E-state index contributed by atoms with van der Waals surface area (Å²) in [6, 6.07) is 9.09. The summed E-state index contributed by atoms with van der Waals surface area (Å²) in [6.45, 7) is -0.318. The van der Waals surface area contributed by atoms with Crippen molar-refractivity contribution in [2.24, 2.45) is 0 Å². The Labute approximate surface area is 153 Å². The fourth-order valence-electron chi connectivity index (χ4n) is 2.86. The van der Waals surface area contributed by atoms with E-state index in [1.165, 1.54) is 6.20 Å². The van der Waals surface area contributed by atoms with Crippen molar-refractivity contribution in [2.45, 2.75) is 37.9 Å². The molecule has 1 aromatic heterocycles. The predicted octanol–water partition coefficient (Wildman–Crippen LogP) is -0.537. The predicted molar refractivity (Wildman–Crippen MR) is 92.9 cm³/mol. The molecular weight excluding hydrogens is 356 g/mol. The summed E-state index contributed by atoms with van der Waals surface area (Å²) in [7, 11) is 0. The van der Waals surface area contributed by atoms with Gasteiger partial charge in [0.05, 0.1) is 19.1 Å². The van der Waals surface area contributed by atoms with E-state index in [2.05, 4.69) is 4.98 Å². The average Bonchev–Trinajstić information content (AvgIpc) is 3.03. The number of nitrogens with one attached hydrogen (secondary N) is 1. The van der Waals surface area contributed by atoms with Gasteiger partial charge in [-0.2, -0.15) is 0 Å². The number of hydrogen-bond donors (Lipinski definition) is 3. The average molecular weight is 376 g/mol. The highest BCUT2D eigenvalue weighted by molar-refractivity contribution is 5.72. The molecule has 1 aromatic carbocycles. The standard InChI is InChI=1S/C18H20N2O7/c21-9-14-13(22)7-15(27-14)20-8-12(17(24)19-18(20)25)6-16(23)26-10-11-4-2-1-3-5-11/h1-5,8,13-15,21-22H,6-7,9-10H2,(H,19,24,25)/t13-,14+,15+/m0/s1. The molecule has 0 spiro atoms. The first-order chi connectivity index (χ1) is 13.0. The Morgan fingerprint density at radius 1 is 1.30 bits per heavy atom. The number of aromatic nitrogens is 2. The number of ether oxygens (including phenoxy) is 2. The van der Waals surface area contributed by atoms with Crippen LogP contribution in [0.25, 0.3) is 0 Å².